The van der Waals surface area contributed by atoms with Crippen LogP contribution in [0.15, 0.2) is 30.5 Å². The summed E-state index contributed by atoms with van der Waals surface area (Å²) in [5.74, 6) is -1.01. The Balaban J connectivity index is 1.33. The van der Waals surface area contributed by atoms with Crippen LogP contribution in [-0.4, -0.2) is 92.3 Å². The summed E-state index contributed by atoms with van der Waals surface area (Å²) in [6, 6.07) is 7.16. The molecule has 0 radical (unpaired) electrons. The third-order valence-electron chi connectivity index (χ3n) is 8.04. The van der Waals surface area contributed by atoms with Crippen LogP contribution in [0.4, 0.5) is 22.5 Å². The predicted octanol–water partition coefficient (Wildman–Crippen LogP) is 4.64. The topological polar surface area (TPSA) is 213 Å². The minimum Gasteiger partial charge on any atom is -0.481 e. The molecule has 0 spiro atoms. The van der Waals surface area contributed by atoms with E-state index in [1.807, 2.05) is 19.1 Å². The van der Waals surface area contributed by atoms with Gasteiger partial charge in [-0.1, -0.05) is 41.5 Å². The minimum absolute atomic E-state index is 0.0674. The van der Waals surface area contributed by atoms with Crippen LogP contribution in [0, 0.1) is 29.4 Å². The number of benzene rings is 1. The van der Waals surface area contributed by atoms with Gasteiger partial charge in [0.05, 0.1) is 35.3 Å². The van der Waals surface area contributed by atoms with E-state index in [0.29, 0.717) is 70.9 Å². The Morgan fingerprint density at radius 1 is 1.12 bits per heavy atom. The summed E-state index contributed by atoms with van der Waals surface area (Å²) in [6.07, 6.45) is 1.65. The van der Waals surface area contributed by atoms with Crippen molar-refractivity contribution in [1.29, 1.82) is 0 Å². The van der Waals surface area contributed by atoms with Gasteiger partial charge in [-0.15, -0.1) is 10.1 Å². The first-order valence-electron chi connectivity index (χ1n) is 15.2. The molecule has 4 rings (SSSR count). The molecule has 1 aliphatic heterocycles. The number of anilines is 4. The molecule has 1 aromatic carbocycles. The number of piperazine rings is 1. The SMILES string of the molecule is Cc1nc(Nc2ncc(C(=O)Nc3c(C)cccc3Cl)s2)cc(N2CCN(CCC(CCCCO[N+](=O)[O-])(CC(=O)O)C(=O)O)CC2)n1. The van der Waals surface area contributed by atoms with E-state index in [0.717, 1.165) is 5.56 Å². The summed E-state index contributed by atoms with van der Waals surface area (Å²) < 4.78 is 0. The molecule has 3 aromatic rings. The van der Waals surface area contributed by atoms with Gasteiger partial charge in [0.1, 0.15) is 22.3 Å². The van der Waals surface area contributed by atoms with Crippen LogP contribution in [0.3, 0.4) is 0 Å². The number of rotatable bonds is 17. The average Bonchev–Trinajstić information content (AvgIpc) is 3.49. The predicted molar refractivity (Wildman–Crippen MR) is 179 cm³/mol. The number of nitrogens with one attached hydrogen (secondary N) is 2. The van der Waals surface area contributed by atoms with E-state index in [2.05, 4.69) is 40.2 Å². The third-order valence-corrected chi connectivity index (χ3v) is 9.27. The van der Waals surface area contributed by atoms with E-state index in [1.54, 1.807) is 19.1 Å². The molecule has 1 atom stereocenters. The Labute approximate surface area is 285 Å². The molecule has 1 amide bonds. The number of amides is 1. The molecule has 1 unspecified atom stereocenters. The number of carboxylic acid groups (broad SMARTS) is 2. The highest BCUT2D eigenvalue weighted by atomic mass is 35.5. The van der Waals surface area contributed by atoms with Crippen molar-refractivity contribution in [3.05, 3.63) is 61.9 Å². The summed E-state index contributed by atoms with van der Waals surface area (Å²) in [5.41, 5.74) is -0.112. The van der Waals surface area contributed by atoms with E-state index in [-0.39, 0.29) is 38.2 Å². The average molecular weight is 705 g/mol. The number of aromatic nitrogens is 3. The van der Waals surface area contributed by atoms with Crippen molar-refractivity contribution in [3.8, 4) is 0 Å². The number of para-hydroxylation sites is 1. The molecule has 1 saturated heterocycles. The van der Waals surface area contributed by atoms with Crippen LogP contribution in [0.5, 0.6) is 0 Å². The summed E-state index contributed by atoms with van der Waals surface area (Å²) in [5, 5.41) is 35.9. The van der Waals surface area contributed by atoms with E-state index in [4.69, 9.17) is 11.6 Å². The molecule has 0 aliphatic carbocycles. The van der Waals surface area contributed by atoms with Crippen molar-refractivity contribution < 1.29 is 34.5 Å². The van der Waals surface area contributed by atoms with E-state index >= 15 is 0 Å². The van der Waals surface area contributed by atoms with E-state index in [9.17, 15) is 34.7 Å². The van der Waals surface area contributed by atoms with Gasteiger partial charge in [0.25, 0.3) is 11.0 Å². The molecule has 3 heterocycles. The molecule has 0 bridgehead atoms. The number of halogens is 1. The first-order chi connectivity index (χ1) is 22.8. The Kier molecular flexibility index (Phi) is 12.4. The molecule has 4 N–H and O–H groups in total. The zero-order valence-corrected chi connectivity index (χ0v) is 28.1. The largest absolute Gasteiger partial charge is 0.481 e. The molecule has 258 valence electrons. The van der Waals surface area contributed by atoms with E-state index in [1.165, 1.54) is 17.5 Å². The number of hydrogen-bond donors (Lipinski definition) is 4. The van der Waals surface area contributed by atoms with E-state index < -0.39 is 28.9 Å². The third kappa shape index (κ3) is 9.95. The highest BCUT2D eigenvalue weighted by molar-refractivity contribution is 7.17. The number of thiazole rings is 1. The van der Waals surface area contributed by atoms with Crippen molar-refractivity contribution in [3.63, 3.8) is 0 Å². The lowest BCUT2D eigenvalue weighted by atomic mass is 9.76. The van der Waals surface area contributed by atoms with Crippen molar-refractivity contribution in [2.75, 3.05) is 54.9 Å². The number of nitrogens with zero attached hydrogens (tertiary/aromatic N) is 6. The van der Waals surface area contributed by atoms with Gasteiger partial charge in [0.2, 0.25) is 0 Å². The zero-order valence-electron chi connectivity index (χ0n) is 26.5. The van der Waals surface area contributed by atoms with Crippen LogP contribution >= 0.6 is 22.9 Å². The summed E-state index contributed by atoms with van der Waals surface area (Å²) in [4.78, 5) is 69.4. The molecular weight excluding hydrogens is 668 g/mol. The maximum Gasteiger partial charge on any atom is 0.310 e. The minimum atomic E-state index is -1.49. The highest BCUT2D eigenvalue weighted by Crippen LogP contribution is 2.34. The zero-order chi connectivity index (χ0) is 34.8. The van der Waals surface area contributed by atoms with Crippen LogP contribution in [0.1, 0.15) is 53.2 Å². The second-order valence-corrected chi connectivity index (χ2v) is 12.9. The van der Waals surface area contributed by atoms with Gasteiger partial charge in [-0.25, -0.2) is 15.0 Å². The van der Waals surface area contributed by atoms with Gasteiger partial charge < -0.3 is 30.6 Å². The standard InChI is InChI=1S/C30H37ClN8O8S/c1-19-6-5-7-21(31)26(19)36-27(42)22-18-32-29(48-22)35-23-16-24(34-20(2)33-23)38-13-11-37(12-14-38)10-9-30(28(43)44,17-25(40)41)8-3-4-15-47-39(45)46/h5-7,16,18H,3-4,8-15,17H2,1-2H3,(H,36,42)(H,40,41)(H,43,44)(H,32,33,34,35). The summed E-state index contributed by atoms with van der Waals surface area (Å²) in [7, 11) is 0. The van der Waals surface area contributed by atoms with Gasteiger partial charge in [-0.05, 0) is 51.3 Å². The van der Waals surface area contributed by atoms with Gasteiger partial charge in [-0.2, -0.15) is 0 Å². The van der Waals surface area contributed by atoms with Crippen molar-refractivity contribution in [2.24, 2.45) is 5.41 Å². The normalized spacial score (nSPS) is 14.6. The molecule has 16 nitrogen and oxygen atoms in total. The number of carboxylic acids is 2. The van der Waals surface area contributed by atoms with Gasteiger partial charge >= 0.3 is 11.9 Å². The smallest absolute Gasteiger partial charge is 0.310 e. The van der Waals surface area contributed by atoms with Crippen LogP contribution in [-0.2, 0) is 14.4 Å². The van der Waals surface area contributed by atoms with Crippen LogP contribution in [0.25, 0.3) is 0 Å². The molecule has 1 aliphatic rings. The highest BCUT2D eigenvalue weighted by Gasteiger charge is 2.40. The number of carbonyl (C=O) groups excluding carboxylic acids is 1. The molecular formula is C30H37ClN8O8S. The Bertz CT molecular complexity index is 1610. The Hall–Kier alpha value is -4.61. The number of aryl methyl sites for hydroxylation is 2. The molecule has 18 heteroatoms. The van der Waals surface area contributed by atoms with Crippen molar-refractivity contribution >= 4 is 63.2 Å². The fourth-order valence-electron chi connectivity index (χ4n) is 5.45. The summed E-state index contributed by atoms with van der Waals surface area (Å²) >= 11 is 7.41. The number of aliphatic carboxylic acids is 2. The fraction of sp³-hybridized carbons (Fsp3) is 0.467. The number of unbranched alkanes of at least 4 members (excludes halogenated alkanes) is 1. The quantitative estimate of drug-likeness (QED) is 0.0857. The molecule has 2 aromatic heterocycles. The molecule has 1 fully saturated rings. The molecule has 0 saturated carbocycles. The van der Waals surface area contributed by atoms with Crippen LogP contribution in [0.2, 0.25) is 5.02 Å². The fourth-order valence-corrected chi connectivity index (χ4v) is 6.44. The van der Waals surface area contributed by atoms with Crippen LogP contribution < -0.4 is 15.5 Å². The maximum absolute atomic E-state index is 12.9. The molecule has 48 heavy (non-hydrogen) atoms. The summed E-state index contributed by atoms with van der Waals surface area (Å²) in [6.45, 7) is 6.21. The first kappa shape index (κ1) is 36.2. The second kappa shape index (κ2) is 16.5. The van der Waals surface area contributed by atoms with Crippen molar-refractivity contribution in [2.45, 2.75) is 46.0 Å². The van der Waals surface area contributed by atoms with Gasteiger partial charge in [-0.3, -0.25) is 19.3 Å². The number of carbonyl (C=O) groups is 3. The monoisotopic (exact) mass is 704 g/mol. The first-order valence-corrected chi connectivity index (χ1v) is 16.4. The van der Waals surface area contributed by atoms with Gasteiger partial charge in [0, 0.05) is 32.2 Å². The lowest BCUT2D eigenvalue weighted by molar-refractivity contribution is -0.757. The second-order valence-electron chi connectivity index (χ2n) is 11.4. The number of hydrogen-bond acceptors (Lipinski definition) is 13. The van der Waals surface area contributed by atoms with Gasteiger partial charge in [0.15, 0.2) is 5.13 Å². The Morgan fingerprint density at radius 2 is 1.88 bits per heavy atom. The lowest BCUT2D eigenvalue weighted by Gasteiger charge is -2.37. The maximum atomic E-state index is 12.9. The Morgan fingerprint density at radius 3 is 2.54 bits per heavy atom. The van der Waals surface area contributed by atoms with Crippen molar-refractivity contribution in [1.82, 2.24) is 19.9 Å². The lowest BCUT2D eigenvalue weighted by Crippen LogP contribution is -2.48.